The molecule has 2 amide bonds. The van der Waals surface area contributed by atoms with Gasteiger partial charge >= 0.3 is 6.03 Å². The lowest BCUT2D eigenvalue weighted by atomic mass is 9.95. The highest BCUT2D eigenvalue weighted by Gasteiger charge is 2.40. The van der Waals surface area contributed by atoms with Gasteiger partial charge in [0, 0.05) is 12.1 Å². The lowest BCUT2D eigenvalue weighted by molar-refractivity contribution is 0.232. The molecule has 0 aromatic rings. The molecule has 0 saturated heterocycles. The number of nitrogens with one attached hydrogen (secondary N) is 3. The molecule has 0 aliphatic heterocycles. The molecule has 4 fully saturated rings. The van der Waals surface area contributed by atoms with Crippen LogP contribution in [0.3, 0.4) is 0 Å². The van der Waals surface area contributed by atoms with Gasteiger partial charge in [-0.05, 0) is 62.2 Å². The Kier molecular flexibility index (Phi) is 4.05. The van der Waals surface area contributed by atoms with Gasteiger partial charge in [0.15, 0.2) is 0 Å². The summed E-state index contributed by atoms with van der Waals surface area (Å²) in [5.74, 6) is 4.17. The first-order valence-corrected chi connectivity index (χ1v) is 9.68. The van der Waals surface area contributed by atoms with Gasteiger partial charge in [0.25, 0.3) is 0 Å². The van der Waals surface area contributed by atoms with E-state index in [2.05, 4.69) is 15.4 Å². The van der Waals surface area contributed by atoms with Crippen LogP contribution >= 0.6 is 11.9 Å². The Labute approximate surface area is 131 Å². The third-order valence-corrected chi connectivity index (χ3v) is 7.09. The van der Waals surface area contributed by atoms with E-state index in [-0.39, 0.29) is 6.03 Å². The van der Waals surface area contributed by atoms with E-state index in [4.69, 9.17) is 0 Å². The van der Waals surface area contributed by atoms with Gasteiger partial charge in [0.1, 0.15) is 0 Å². The van der Waals surface area contributed by atoms with Gasteiger partial charge in [0.05, 0.1) is 5.88 Å². The van der Waals surface area contributed by atoms with Crippen LogP contribution in [0.25, 0.3) is 0 Å². The van der Waals surface area contributed by atoms with E-state index in [1.807, 2.05) is 0 Å². The Balaban J connectivity index is 1.11. The normalized spacial score (nSPS) is 43.4. The zero-order valence-corrected chi connectivity index (χ0v) is 13.5. The molecule has 4 bridgehead atoms. The minimum absolute atomic E-state index is 0.0230. The zero-order chi connectivity index (χ0) is 14.2. The molecule has 4 aliphatic rings. The molecule has 0 radical (unpaired) electrons. The predicted octanol–water partition coefficient (Wildman–Crippen LogP) is 2.86. The molecule has 4 nitrogen and oxygen atoms in total. The van der Waals surface area contributed by atoms with Crippen molar-refractivity contribution >= 4 is 18.0 Å². The Morgan fingerprint density at radius 2 is 1.57 bits per heavy atom. The highest BCUT2D eigenvalue weighted by Crippen LogP contribution is 2.45. The number of amides is 2. The summed E-state index contributed by atoms with van der Waals surface area (Å²) in [4.78, 5) is 11.9. The van der Waals surface area contributed by atoms with Crippen molar-refractivity contribution in [1.82, 2.24) is 15.4 Å². The average Bonchev–Trinajstić information content (AvgIpc) is 3.23. The summed E-state index contributed by atoms with van der Waals surface area (Å²) in [5, 5.41) is 6.16. The van der Waals surface area contributed by atoms with Crippen molar-refractivity contribution in [3.05, 3.63) is 0 Å². The lowest BCUT2D eigenvalue weighted by Gasteiger charge is -2.24. The number of hydrogen-bond acceptors (Lipinski definition) is 3. The van der Waals surface area contributed by atoms with E-state index in [1.54, 1.807) is 11.9 Å². The van der Waals surface area contributed by atoms with Crippen molar-refractivity contribution in [1.29, 1.82) is 0 Å². The standard InChI is InChI=1S/C16H27N3OS/c20-16(18-14-7-10-1-3-12(14)5-10)17-9-21-19-15-8-11-2-4-13(15)6-11/h10-15,19H,1-9H2,(H2,17,18,20). The maximum Gasteiger partial charge on any atom is 0.315 e. The van der Waals surface area contributed by atoms with E-state index >= 15 is 0 Å². The highest BCUT2D eigenvalue weighted by atomic mass is 32.2. The highest BCUT2D eigenvalue weighted by molar-refractivity contribution is 7.97. The fourth-order valence-corrected chi connectivity index (χ4v) is 6.07. The van der Waals surface area contributed by atoms with Crippen molar-refractivity contribution in [3.8, 4) is 0 Å². The molecule has 6 unspecified atom stereocenters. The molecular weight excluding hydrogens is 282 g/mol. The second-order valence-electron chi connectivity index (χ2n) is 7.62. The third kappa shape index (κ3) is 3.04. The lowest BCUT2D eigenvalue weighted by Crippen LogP contribution is -2.44. The van der Waals surface area contributed by atoms with E-state index in [1.165, 1.54) is 51.4 Å². The van der Waals surface area contributed by atoms with Crippen molar-refractivity contribution < 1.29 is 4.79 Å². The first-order chi connectivity index (χ1) is 10.3. The minimum Gasteiger partial charge on any atom is -0.335 e. The first-order valence-electron chi connectivity index (χ1n) is 8.69. The van der Waals surface area contributed by atoms with Gasteiger partial charge in [-0.2, -0.15) is 0 Å². The molecule has 118 valence electrons. The monoisotopic (exact) mass is 309 g/mol. The van der Waals surface area contributed by atoms with Crippen LogP contribution < -0.4 is 15.4 Å². The van der Waals surface area contributed by atoms with Crippen molar-refractivity contribution in [3.63, 3.8) is 0 Å². The molecule has 0 aromatic carbocycles. The number of urea groups is 1. The molecule has 4 saturated carbocycles. The summed E-state index contributed by atoms with van der Waals surface area (Å²) in [6.07, 6.45) is 10.9. The van der Waals surface area contributed by atoms with Crippen LogP contribution in [0, 0.1) is 23.7 Å². The average molecular weight is 309 g/mol. The summed E-state index contributed by atoms with van der Waals surface area (Å²) >= 11 is 1.67. The number of hydrogen-bond donors (Lipinski definition) is 3. The van der Waals surface area contributed by atoms with Gasteiger partial charge in [-0.15, -0.1) is 0 Å². The van der Waals surface area contributed by atoms with Crippen molar-refractivity contribution in [2.24, 2.45) is 23.7 Å². The SMILES string of the molecule is O=C(NCSNC1CC2CCC1C2)NC1CC2CCC1C2. The molecule has 0 aromatic heterocycles. The van der Waals surface area contributed by atoms with Gasteiger partial charge < -0.3 is 10.6 Å². The summed E-state index contributed by atoms with van der Waals surface area (Å²) in [6.45, 7) is 0. The van der Waals surface area contributed by atoms with Crippen molar-refractivity contribution in [2.75, 3.05) is 5.88 Å². The molecule has 0 spiro atoms. The molecule has 5 heteroatoms. The van der Waals surface area contributed by atoms with Crippen LogP contribution in [0.4, 0.5) is 4.79 Å². The van der Waals surface area contributed by atoms with Crippen LogP contribution in [0.5, 0.6) is 0 Å². The smallest absolute Gasteiger partial charge is 0.315 e. The van der Waals surface area contributed by atoms with E-state index in [9.17, 15) is 4.79 Å². The summed E-state index contributed by atoms with van der Waals surface area (Å²) in [5.41, 5.74) is 0. The van der Waals surface area contributed by atoms with E-state index in [0.717, 1.165) is 23.7 Å². The molecule has 3 N–H and O–H groups in total. The molecular formula is C16H27N3OS. The molecule has 4 aliphatic carbocycles. The van der Waals surface area contributed by atoms with Crippen LogP contribution in [-0.4, -0.2) is 24.0 Å². The Bertz CT molecular complexity index is 405. The second-order valence-corrected chi connectivity index (χ2v) is 8.43. The molecule has 4 rings (SSSR count). The fourth-order valence-electron chi connectivity index (χ4n) is 5.28. The number of carbonyl (C=O) groups is 1. The second kappa shape index (κ2) is 5.99. The summed E-state index contributed by atoms with van der Waals surface area (Å²) in [6, 6.07) is 1.14. The third-order valence-electron chi connectivity index (χ3n) is 6.33. The summed E-state index contributed by atoms with van der Waals surface area (Å²) < 4.78 is 3.56. The minimum atomic E-state index is 0.0230. The van der Waals surface area contributed by atoms with Gasteiger partial charge in [0.2, 0.25) is 0 Å². The van der Waals surface area contributed by atoms with Crippen LogP contribution in [-0.2, 0) is 0 Å². The largest absolute Gasteiger partial charge is 0.335 e. The first kappa shape index (κ1) is 14.2. The Hall–Kier alpha value is -0.420. The van der Waals surface area contributed by atoms with E-state index in [0.29, 0.717) is 18.0 Å². The predicted molar refractivity (Wildman–Crippen MR) is 85.7 cm³/mol. The van der Waals surface area contributed by atoms with Gasteiger partial charge in [-0.25, -0.2) is 4.79 Å². The number of rotatable bonds is 5. The maximum absolute atomic E-state index is 11.9. The van der Waals surface area contributed by atoms with Crippen LogP contribution in [0.2, 0.25) is 0 Å². The molecule has 21 heavy (non-hydrogen) atoms. The molecule has 0 heterocycles. The Morgan fingerprint density at radius 3 is 2.14 bits per heavy atom. The molecule has 6 atom stereocenters. The summed E-state index contributed by atoms with van der Waals surface area (Å²) in [7, 11) is 0. The van der Waals surface area contributed by atoms with E-state index < -0.39 is 0 Å². The van der Waals surface area contributed by atoms with Crippen molar-refractivity contribution in [2.45, 2.75) is 63.5 Å². The Morgan fingerprint density at radius 1 is 0.905 bits per heavy atom. The van der Waals surface area contributed by atoms with Crippen LogP contribution in [0.1, 0.15) is 51.4 Å². The fraction of sp³-hybridized carbons (Fsp3) is 0.938. The van der Waals surface area contributed by atoms with Crippen LogP contribution in [0.15, 0.2) is 0 Å². The quantitative estimate of drug-likeness (QED) is 0.416. The topological polar surface area (TPSA) is 53.2 Å². The maximum atomic E-state index is 11.9. The van der Waals surface area contributed by atoms with Gasteiger partial charge in [-0.1, -0.05) is 24.8 Å². The number of fused-ring (bicyclic) bond motifs is 4. The zero-order valence-electron chi connectivity index (χ0n) is 12.6. The number of carbonyl (C=O) groups excluding carboxylic acids is 1. The van der Waals surface area contributed by atoms with Gasteiger partial charge in [-0.3, -0.25) is 4.72 Å².